The molecule has 21 heavy (non-hydrogen) atoms. The molecule has 1 aliphatic rings. The Bertz CT molecular complexity index is 663. The van der Waals surface area contributed by atoms with Crippen LogP contribution in [0.4, 0.5) is 19.0 Å². The van der Waals surface area contributed by atoms with Gasteiger partial charge in [0.2, 0.25) is 0 Å². The zero-order chi connectivity index (χ0) is 15.2. The molecular weight excluding hydrogens is 291 g/mol. The van der Waals surface area contributed by atoms with E-state index >= 15 is 0 Å². The zero-order valence-electron chi connectivity index (χ0n) is 10.5. The quantitative estimate of drug-likeness (QED) is 0.891. The molecule has 2 N–H and O–H groups in total. The third kappa shape index (κ3) is 2.34. The molecule has 6 nitrogen and oxygen atoms in total. The van der Waals surface area contributed by atoms with Gasteiger partial charge >= 0.3 is 12.1 Å². The van der Waals surface area contributed by atoms with Gasteiger partial charge in [0.15, 0.2) is 11.7 Å². The van der Waals surface area contributed by atoms with Crippen molar-refractivity contribution in [1.29, 1.82) is 0 Å². The number of anilines is 1. The van der Waals surface area contributed by atoms with E-state index in [-0.39, 0.29) is 12.2 Å². The van der Waals surface area contributed by atoms with Gasteiger partial charge in [0.1, 0.15) is 11.6 Å². The molecule has 0 amide bonds. The minimum absolute atomic E-state index is 0.00220. The van der Waals surface area contributed by atoms with Crippen molar-refractivity contribution in [2.24, 2.45) is 0 Å². The summed E-state index contributed by atoms with van der Waals surface area (Å²) in [6.45, 7) is 0. The van der Waals surface area contributed by atoms with Gasteiger partial charge in [-0.2, -0.15) is 18.3 Å². The number of carboxylic acids is 1. The predicted octanol–water partition coefficient (Wildman–Crippen LogP) is 2.83. The Morgan fingerprint density at radius 1 is 1.52 bits per heavy atom. The molecule has 0 spiro atoms. The van der Waals surface area contributed by atoms with E-state index in [1.165, 1.54) is 6.26 Å². The van der Waals surface area contributed by atoms with Gasteiger partial charge in [-0.05, 0) is 12.1 Å². The number of furan rings is 1. The largest absolute Gasteiger partial charge is 0.476 e. The lowest BCUT2D eigenvalue weighted by Gasteiger charge is -2.32. The maximum atomic E-state index is 13.2. The number of rotatable bonds is 2. The molecule has 0 fully saturated rings. The first-order chi connectivity index (χ1) is 9.86. The van der Waals surface area contributed by atoms with E-state index in [2.05, 4.69) is 10.4 Å². The van der Waals surface area contributed by atoms with E-state index in [4.69, 9.17) is 9.52 Å². The fourth-order valence-electron chi connectivity index (χ4n) is 2.35. The minimum Gasteiger partial charge on any atom is -0.476 e. The molecule has 2 aromatic rings. The standard InChI is InChI=1S/C12H10F3N3O3/c13-12(14,15)9-4-6(8-2-1-3-21-8)16-10-5-7(11(19)20)17-18(9)10/h1-3,5-6,9,16H,4H2,(H,19,20)/t6-,9-/m1/s1. The molecular formula is C12H10F3N3O3. The molecule has 0 radical (unpaired) electrons. The van der Waals surface area contributed by atoms with Crippen LogP contribution in [0.25, 0.3) is 0 Å². The highest BCUT2D eigenvalue weighted by Gasteiger charge is 2.47. The molecule has 2 aromatic heterocycles. The average molecular weight is 301 g/mol. The number of halogens is 3. The van der Waals surface area contributed by atoms with Crippen molar-refractivity contribution in [1.82, 2.24) is 9.78 Å². The van der Waals surface area contributed by atoms with E-state index in [1.807, 2.05) is 0 Å². The van der Waals surface area contributed by atoms with Crippen LogP contribution in [0.1, 0.15) is 34.8 Å². The first-order valence-corrected chi connectivity index (χ1v) is 6.06. The second-order valence-corrected chi connectivity index (χ2v) is 4.67. The van der Waals surface area contributed by atoms with Gasteiger partial charge in [-0.3, -0.25) is 0 Å². The van der Waals surface area contributed by atoms with Gasteiger partial charge in [-0.25, -0.2) is 9.48 Å². The summed E-state index contributed by atoms with van der Waals surface area (Å²) in [4.78, 5) is 10.9. The molecule has 0 aliphatic carbocycles. The van der Waals surface area contributed by atoms with Gasteiger partial charge in [-0.15, -0.1) is 0 Å². The summed E-state index contributed by atoms with van der Waals surface area (Å²) in [6.07, 6.45) is -3.50. The monoisotopic (exact) mass is 301 g/mol. The Hall–Kier alpha value is -2.45. The van der Waals surface area contributed by atoms with Crippen molar-refractivity contribution in [3.8, 4) is 0 Å². The third-order valence-corrected chi connectivity index (χ3v) is 3.30. The van der Waals surface area contributed by atoms with Gasteiger partial charge in [0.25, 0.3) is 0 Å². The maximum absolute atomic E-state index is 13.2. The van der Waals surface area contributed by atoms with E-state index in [9.17, 15) is 18.0 Å². The van der Waals surface area contributed by atoms with Crippen LogP contribution >= 0.6 is 0 Å². The fraction of sp³-hybridized carbons (Fsp3) is 0.333. The van der Waals surface area contributed by atoms with Gasteiger partial charge in [-0.1, -0.05) is 0 Å². The van der Waals surface area contributed by atoms with Crippen molar-refractivity contribution in [3.63, 3.8) is 0 Å². The molecule has 9 heteroatoms. The Labute approximate surface area is 116 Å². The van der Waals surface area contributed by atoms with Crippen LogP contribution in [0.3, 0.4) is 0 Å². The Morgan fingerprint density at radius 2 is 2.29 bits per heavy atom. The normalized spacial score (nSPS) is 21.7. The Morgan fingerprint density at radius 3 is 2.86 bits per heavy atom. The molecule has 0 aromatic carbocycles. The van der Waals surface area contributed by atoms with Crippen molar-refractivity contribution in [3.05, 3.63) is 35.9 Å². The van der Waals surface area contributed by atoms with E-state index < -0.39 is 29.9 Å². The van der Waals surface area contributed by atoms with Crippen LogP contribution in [0.15, 0.2) is 28.9 Å². The van der Waals surface area contributed by atoms with Crippen molar-refractivity contribution in [2.45, 2.75) is 24.7 Å². The number of carboxylic acid groups (broad SMARTS) is 1. The number of fused-ring (bicyclic) bond motifs is 1. The summed E-state index contributed by atoms with van der Waals surface area (Å²) in [5.41, 5.74) is -0.438. The summed E-state index contributed by atoms with van der Waals surface area (Å²) >= 11 is 0. The molecule has 0 unspecified atom stereocenters. The molecule has 0 saturated heterocycles. The van der Waals surface area contributed by atoms with Crippen LogP contribution in [0, 0.1) is 0 Å². The molecule has 3 rings (SSSR count). The maximum Gasteiger partial charge on any atom is 0.410 e. The van der Waals surface area contributed by atoms with Crippen LogP contribution in [0.5, 0.6) is 0 Å². The summed E-state index contributed by atoms with van der Waals surface area (Å²) in [5.74, 6) is -1.02. The summed E-state index contributed by atoms with van der Waals surface area (Å²) in [5, 5.41) is 15.2. The van der Waals surface area contributed by atoms with Crippen LogP contribution in [-0.2, 0) is 0 Å². The van der Waals surface area contributed by atoms with Crippen molar-refractivity contribution >= 4 is 11.8 Å². The second-order valence-electron chi connectivity index (χ2n) is 4.67. The van der Waals surface area contributed by atoms with Gasteiger partial charge in [0, 0.05) is 12.5 Å². The van der Waals surface area contributed by atoms with Crippen LogP contribution in [0.2, 0.25) is 0 Å². The van der Waals surface area contributed by atoms with Gasteiger partial charge in [0.05, 0.1) is 12.3 Å². The molecule has 0 bridgehead atoms. The smallest absolute Gasteiger partial charge is 0.410 e. The third-order valence-electron chi connectivity index (χ3n) is 3.30. The first-order valence-electron chi connectivity index (χ1n) is 6.06. The molecule has 2 atom stereocenters. The van der Waals surface area contributed by atoms with Gasteiger partial charge < -0.3 is 14.8 Å². The van der Waals surface area contributed by atoms with E-state index in [0.29, 0.717) is 10.4 Å². The number of alkyl halides is 3. The van der Waals surface area contributed by atoms with Crippen LogP contribution < -0.4 is 5.32 Å². The average Bonchev–Trinajstić information content (AvgIpc) is 3.05. The lowest BCUT2D eigenvalue weighted by Crippen LogP contribution is -2.35. The predicted molar refractivity (Wildman–Crippen MR) is 64.0 cm³/mol. The SMILES string of the molecule is O=C(O)c1cc2n(n1)[C@@H](C(F)(F)F)C[C@H](c1ccco1)N2. The summed E-state index contributed by atoms with van der Waals surface area (Å²) in [7, 11) is 0. The number of carbonyl (C=O) groups is 1. The number of aromatic carboxylic acids is 1. The molecule has 112 valence electrons. The number of nitrogens with zero attached hydrogens (tertiary/aromatic N) is 2. The summed E-state index contributed by atoms with van der Waals surface area (Å²) in [6, 6.07) is 1.62. The lowest BCUT2D eigenvalue weighted by atomic mass is 10.0. The highest BCUT2D eigenvalue weighted by atomic mass is 19.4. The Kier molecular flexibility index (Phi) is 2.92. The fourth-order valence-corrected chi connectivity index (χ4v) is 2.35. The lowest BCUT2D eigenvalue weighted by molar-refractivity contribution is -0.174. The second kappa shape index (κ2) is 4.54. The number of nitrogens with one attached hydrogen (secondary N) is 1. The topological polar surface area (TPSA) is 80.3 Å². The number of hydrogen-bond donors (Lipinski definition) is 2. The Balaban J connectivity index is 2.03. The minimum atomic E-state index is -4.54. The van der Waals surface area contributed by atoms with Crippen molar-refractivity contribution in [2.75, 3.05) is 5.32 Å². The number of hydrogen-bond acceptors (Lipinski definition) is 4. The molecule has 3 heterocycles. The summed E-state index contributed by atoms with van der Waals surface area (Å²) < 4.78 is 45.3. The molecule has 0 saturated carbocycles. The highest BCUT2D eigenvalue weighted by molar-refractivity contribution is 5.86. The van der Waals surface area contributed by atoms with E-state index in [0.717, 1.165) is 6.07 Å². The molecule has 1 aliphatic heterocycles. The zero-order valence-corrected chi connectivity index (χ0v) is 10.5. The van der Waals surface area contributed by atoms with Crippen LogP contribution in [-0.4, -0.2) is 27.0 Å². The number of aromatic nitrogens is 2. The highest BCUT2D eigenvalue weighted by Crippen LogP contribution is 2.43. The first kappa shape index (κ1) is 13.5. The van der Waals surface area contributed by atoms with Crippen molar-refractivity contribution < 1.29 is 27.5 Å². The van der Waals surface area contributed by atoms with E-state index in [1.54, 1.807) is 12.1 Å².